The van der Waals surface area contributed by atoms with Gasteiger partial charge in [-0.2, -0.15) is 5.10 Å². The van der Waals surface area contributed by atoms with Gasteiger partial charge < -0.3 is 5.32 Å². The second-order valence-electron chi connectivity index (χ2n) is 8.10. The minimum atomic E-state index is -0.0836. The molecule has 2 aromatic rings. The fourth-order valence-corrected chi connectivity index (χ4v) is 3.02. The van der Waals surface area contributed by atoms with Crippen LogP contribution >= 0.6 is 0 Å². The van der Waals surface area contributed by atoms with E-state index in [1.807, 2.05) is 28.9 Å². The van der Waals surface area contributed by atoms with Crippen LogP contribution < -0.4 is 5.32 Å². The van der Waals surface area contributed by atoms with E-state index in [9.17, 15) is 4.79 Å². The Hall–Kier alpha value is -2.10. The second kappa shape index (κ2) is 8.52. The number of aromatic nitrogens is 2. The van der Waals surface area contributed by atoms with Gasteiger partial charge in [0, 0.05) is 17.4 Å². The molecule has 26 heavy (non-hydrogen) atoms. The Morgan fingerprint density at radius 3 is 2.50 bits per heavy atom. The lowest BCUT2D eigenvalue weighted by molar-refractivity contribution is -0.120. The first-order valence-electron chi connectivity index (χ1n) is 9.75. The number of hydrogen-bond donors (Lipinski definition) is 1. The molecule has 1 heterocycles. The summed E-state index contributed by atoms with van der Waals surface area (Å²) < 4.78 is 1.88. The molecular weight excluding hydrogens is 322 g/mol. The molecule has 2 rings (SSSR count). The van der Waals surface area contributed by atoms with Crippen LogP contribution in [0.1, 0.15) is 71.6 Å². The molecule has 1 unspecified atom stereocenters. The minimum Gasteiger partial charge on any atom is -0.310 e. The molecule has 1 atom stereocenters. The van der Waals surface area contributed by atoms with E-state index >= 15 is 0 Å². The summed E-state index contributed by atoms with van der Waals surface area (Å²) in [5.74, 6) is 0.897. The maximum atomic E-state index is 12.8. The van der Waals surface area contributed by atoms with Crippen molar-refractivity contribution in [3.63, 3.8) is 0 Å². The zero-order valence-corrected chi connectivity index (χ0v) is 17.1. The number of carbonyl (C=O) groups is 1. The lowest BCUT2D eigenvalue weighted by Crippen LogP contribution is -2.23. The highest BCUT2D eigenvalue weighted by molar-refractivity contribution is 5.92. The van der Waals surface area contributed by atoms with Crippen molar-refractivity contribution in [1.29, 1.82) is 0 Å². The van der Waals surface area contributed by atoms with Crippen molar-refractivity contribution in [2.24, 2.45) is 5.92 Å². The number of hydrogen-bond acceptors (Lipinski definition) is 2. The van der Waals surface area contributed by atoms with Crippen molar-refractivity contribution in [3.05, 3.63) is 41.6 Å². The van der Waals surface area contributed by atoms with Gasteiger partial charge in [0.1, 0.15) is 5.82 Å². The number of anilines is 1. The number of aryl methyl sites for hydroxylation is 1. The summed E-state index contributed by atoms with van der Waals surface area (Å²) in [5.41, 5.74) is 3.02. The van der Waals surface area contributed by atoms with Crippen molar-refractivity contribution < 1.29 is 4.79 Å². The number of nitrogens with zero attached hydrogens (tertiary/aromatic N) is 2. The summed E-state index contributed by atoms with van der Waals surface area (Å²) in [6.07, 6.45) is 3.98. The van der Waals surface area contributed by atoms with E-state index in [1.54, 1.807) is 0 Å². The van der Waals surface area contributed by atoms with Crippen LogP contribution in [0.5, 0.6) is 0 Å². The number of rotatable bonds is 7. The number of unbranched alkanes of at least 4 members (excludes halogenated alkanes) is 1. The van der Waals surface area contributed by atoms with Crippen molar-refractivity contribution >= 4 is 11.7 Å². The van der Waals surface area contributed by atoms with Gasteiger partial charge in [-0.25, -0.2) is 4.68 Å². The van der Waals surface area contributed by atoms with Crippen LogP contribution in [0, 0.1) is 12.8 Å². The van der Waals surface area contributed by atoms with Gasteiger partial charge >= 0.3 is 0 Å². The minimum absolute atomic E-state index is 0.0493. The molecule has 0 aliphatic heterocycles. The zero-order valence-electron chi connectivity index (χ0n) is 17.1. The summed E-state index contributed by atoms with van der Waals surface area (Å²) in [5, 5.41) is 7.97. The van der Waals surface area contributed by atoms with Gasteiger partial charge in [0.05, 0.1) is 11.4 Å². The Labute approximate surface area is 158 Å². The van der Waals surface area contributed by atoms with Crippen molar-refractivity contribution in [2.75, 3.05) is 5.32 Å². The molecule has 0 bridgehead atoms. The molecule has 1 aromatic carbocycles. The van der Waals surface area contributed by atoms with Crippen LogP contribution in [0.15, 0.2) is 30.3 Å². The highest BCUT2D eigenvalue weighted by Gasteiger charge is 2.23. The molecule has 0 fully saturated rings. The van der Waals surface area contributed by atoms with Gasteiger partial charge in [-0.3, -0.25) is 4.79 Å². The highest BCUT2D eigenvalue weighted by Crippen LogP contribution is 2.28. The third kappa shape index (κ3) is 4.75. The Morgan fingerprint density at radius 1 is 1.23 bits per heavy atom. The fourth-order valence-electron chi connectivity index (χ4n) is 3.02. The van der Waals surface area contributed by atoms with E-state index in [1.165, 1.54) is 0 Å². The van der Waals surface area contributed by atoms with E-state index < -0.39 is 0 Å². The first-order valence-corrected chi connectivity index (χ1v) is 9.75. The van der Waals surface area contributed by atoms with Gasteiger partial charge in [-0.05, 0) is 31.4 Å². The molecule has 4 heteroatoms. The van der Waals surface area contributed by atoms with Crippen LogP contribution in [0.2, 0.25) is 0 Å². The van der Waals surface area contributed by atoms with Crippen LogP contribution in [0.25, 0.3) is 5.69 Å². The highest BCUT2D eigenvalue weighted by atomic mass is 16.2. The quantitative estimate of drug-likeness (QED) is 0.699. The predicted octanol–water partition coefficient (Wildman–Crippen LogP) is 5.63. The average molecular weight is 356 g/mol. The zero-order chi connectivity index (χ0) is 19.3. The first-order chi connectivity index (χ1) is 12.3. The predicted molar refractivity (Wildman–Crippen MR) is 109 cm³/mol. The molecule has 0 spiro atoms. The molecule has 0 saturated heterocycles. The number of amides is 1. The molecule has 4 nitrogen and oxygen atoms in total. The Morgan fingerprint density at radius 2 is 1.92 bits per heavy atom. The first kappa shape index (κ1) is 20.2. The number of para-hydroxylation sites is 1. The average Bonchev–Trinajstić information content (AvgIpc) is 3.00. The van der Waals surface area contributed by atoms with Crippen LogP contribution in [-0.4, -0.2) is 15.7 Å². The van der Waals surface area contributed by atoms with Crippen LogP contribution in [0.3, 0.4) is 0 Å². The largest absolute Gasteiger partial charge is 0.310 e. The van der Waals surface area contributed by atoms with Crippen LogP contribution in [-0.2, 0) is 10.2 Å². The Bertz CT molecular complexity index is 740. The van der Waals surface area contributed by atoms with E-state index in [4.69, 9.17) is 5.10 Å². The van der Waals surface area contributed by atoms with E-state index in [-0.39, 0.29) is 17.2 Å². The molecule has 1 N–H and O–H groups in total. The Kier molecular flexibility index (Phi) is 6.63. The van der Waals surface area contributed by atoms with Crippen LogP contribution in [0.4, 0.5) is 5.82 Å². The summed E-state index contributed by atoms with van der Waals surface area (Å²) in [6.45, 7) is 12.7. The summed E-state index contributed by atoms with van der Waals surface area (Å²) in [4.78, 5) is 12.8. The maximum absolute atomic E-state index is 12.8. The molecule has 142 valence electrons. The molecule has 1 aromatic heterocycles. The molecule has 0 aliphatic carbocycles. The molecule has 1 amide bonds. The maximum Gasteiger partial charge on any atom is 0.228 e. The number of benzene rings is 1. The van der Waals surface area contributed by atoms with Gasteiger partial charge in [0.15, 0.2) is 0 Å². The molecular formula is C22H33N3O. The standard InChI is InChI=1S/C22H33N3O/c1-7-9-13-17(8-2)21(26)23-20-15-19(22(4,5)6)24-25(20)18-14-11-10-12-16(18)3/h10-12,14-15,17H,7-9,13H2,1-6H3,(H,23,26). The topological polar surface area (TPSA) is 46.9 Å². The lowest BCUT2D eigenvalue weighted by atomic mass is 9.92. The fraction of sp³-hybridized carbons (Fsp3) is 0.545. The smallest absolute Gasteiger partial charge is 0.228 e. The number of nitrogens with one attached hydrogen (secondary N) is 1. The van der Waals surface area contributed by atoms with Crippen molar-refractivity contribution in [2.45, 2.75) is 72.6 Å². The summed E-state index contributed by atoms with van der Waals surface area (Å²) >= 11 is 0. The van der Waals surface area contributed by atoms with Gasteiger partial charge in [0.2, 0.25) is 5.91 Å². The Balaban J connectivity index is 2.39. The third-order valence-electron chi connectivity index (χ3n) is 4.84. The van der Waals surface area contributed by atoms with Gasteiger partial charge in [0.25, 0.3) is 0 Å². The van der Waals surface area contributed by atoms with Gasteiger partial charge in [-0.1, -0.05) is 65.7 Å². The van der Waals surface area contributed by atoms with E-state index in [0.717, 1.165) is 48.4 Å². The molecule has 0 aliphatic rings. The van der Waals surface area contributed by atoms with Crippen molar-refractivity contribution in [3.8, 4) is 5.69 Å². The van der Waals surface area contributed by atoms with Gasteiger partial charge in [-0.15, -0.1) is 0 Å². The van der Waals surface area contributed by atoms with Crippen molar-refractivity contribution in [1.82, 2.24) is 9.78 Å². The third-order valence-corrected chi connectivity index (χ3v) is 4.84. The van der Waals surface area contributed by atoms with E-state index in [0.29, 0.717) is 0 Å². The second-order valence-corrected chi connectivity index (χ2v) is 8.10. The molecule has 0 saturated carbocycles. The SMILES string of the molecule is CCCCC(CC)C(=O)Nc1cc(C(C)(C)C)nn1-c1ccccc1C. The normalized spacial score (nSPS) is 12.8. The number of carbonyl (C=O) groups excluding carboxylic acids is 1. The summed E-state index contributed by atoms with van der Waals surface area (Å²) in [7, 11) is 0. The summed E-state index contributed by atoms with van der Waals surface area (Å²) in [6, 6.07) is 10.1. The molecule has 0 radical (unpaired) electrons. The monoisotopic (exact) mass is 355 g/mol. The van der Waals surface area contributed by atoms with E-state index in [2.05, 4.69) is 52.9 Å². The lowest BCUT2D eigenvalue weighted by Gasteiger charge is -2.16.